The molecule has 0 aromatic carbocycles. The zero-order valence-electron chi connectivity index (χ0n) is 15.7. The van der Waals surface area contributed by atoms with Gasteiger partial charge >= 0.3 is 5.63 Å². The number of piperidine rings is 1. The number of likely N-dealkylation sites (tertiary alicyclic amines) is 1. The van der Waals surface area contributed by atoms with Crippen molar-refractivity contribution >= 4 is 5.91 Å². The van der Waals surface area contributed by atoms with Gasteiger partial charge in [-0.2, -0.15) is 0 Å². The first-order chi connectivity index (χ1) is 12.9. The van der Waals surface area contributed by atoms with Crippen LogP contribution in [-0.2, 0) is 0 Å². The molecule has 1 amide bonds. The highest BCUT2D eigenvalue weighted by Crippen LogP contribution is 2.37. The summed E-state index contributed by atoms with van der Waals surface area (Å²) in [6.07, 6.45) is 1.56. The zero-order chi connectivity index (χ0) is 19.1. The fraction of sp³-hybridized carbons (Fsp3) is 0.700. The lowest BCUT2D eigenvalue weighted by Crippen LogP contribution is -2.38. The van der Waals surface area contributed by atoms with Crippen molar-refractivity contribution < 1.29 is 19.4 Å². The molecule has 2 aliphatic heterocycles. The summed E-state index contributed by atoms with van der Waals surface area (Å²) in [5.41, 5.74) is 0.213. The van der Waals surface area contributed by atoms with Crippen LogP contribution in [0, 0.1) is 18.8 Å². The van der Waals surface area contributed by atoms with Crippen molar-refractivity contribution in [2.24, 2.45) is 11.8 Å². The van der Waals surface area contributed by atoms with Crippen LogP contribution in [0.5, 0.6) is 0 Å². The van der Waals surface area contributed by atoms with Crippen LogP contribution in [0.25, 0.3) is 0 Å². The maximum absolute atomic E-state index is 13.0. The van der Waals surface area contributed by atoms with Crippen LogP contribution < -0.4 is 10.9 Å². The number of hydrogen-bond acceptors (Lipinski definition) is 6. The van der Waals surface area contributed by atoms with Gasteiger partial charge in [-0.15, -0.1) is 0 Å². The van der Waals surface area contributed by atoms with E-state index in [9.17, 15) is 19.8 Å². The molecule has 148 valence electrons. The Morgan fingerprint density at radius 3 is 2.44 bits per heavy atom. The monoisotopic (exact) mass is 376 g/mol. The molecule has 3 fully saturated rings. The third-order valence-electron chi connectivity index (χ3n) is 6.48. The molecule has 3 aliphatic rings. The van der Waals surface area contributed by atoms with Gasteiger partial charge < -0.3 is 24.8 Å². The molecular weight excluding hydrogens is 348 g/mol. The molecule has 2 saturated heterocycles. The summed E-state index contributed by atoms with van der Waals surface area (Å²) >= 11 is 0. The molecule has 7 heteroatoms. The fourth-order valence-electron chi connectivity index (χ4n) is 4.92. The Bertz CT molecular complexity index is 752. The van der Waals surface area contributed by atoms with E-state index < -0.39 is 17.8 Å². The molecule has 4 rings (SSSR count). The molecule has 7 nitrogen and oxygen atoms in total. The number of rotatable bonds is 2. The van der Waals surface area contributed by atoms with Crippen LogP contribution in [0.4, 0.5) is 0 Å². The molecule has 1 unspecified atom stereocenters. The van der Waals surface area contributed by atoms with E-state index in [2.05, 4.69) is 5.32 Å². The van der Waals surface area contributed by atoms with Gasteiger partial charge in [0.2, 0.25) is 0 Å². The summed E-state index contributed by atoms with van der Waals surface area (Å²) in [5, 5.41) is 23.1. The lowest BCUT2D eigenvalue weighted by Gasteiger charge is -2.31. The summed E-state index contributed by atoms with van der Waals surface area (Å²) < 4.78 is 5.54. The number of carbonyl (C=O) groups excluding carboxylic acids is 1. The first-order valence-corrected chi connectivity index (χ1v) is 9.94. The number of carbonyl (C=O) groups is 1. The number of nitrogens with zero attached hydrogens (tertiary/aromatic N) is 1. The first kappa shape index (κ1) is 18.7. The second-order valence-electron chi connectivity index (χ2n) is 8.37. The Morgan fingerprint density at radius 1 is 1.22 bits per heavy atom. The minimum absolute atomic E-state index is 0.113. The van der Waals surface area contributed by atoms with E-state index in [1.165, 1.54) is 0 Å². The van der Waals surface area contributed by atoms with Crippen molar-refractivity contribution in [3.63, 3.8) is 0 Å². The minimum atomic E-state index is -0.725. The number of aliphatic hydroxyl groups is 2. The molecule has 1 aliphatic carbocycles. The smallest absolute Gasteiger partial charge is 0.349 e. The van der Waals surface area contributed by atoms with Crippen LogP contribution >= 0.6 is 0 Å². The van der Waals surface area contributed by atoms with E-state index in [0.717, 1.165) is 25.9 Å². The molecular formula is C20H28N2O5. The minimum Gasteiger partial charge on any atom is -0.427 e. The standard InChI is InChI=1S/C20H28N2O5/c1-11-5-17(12-3-2-4-21-8-12)27-20(26)18(11)19(25)22-9-13-6-15(23)16(24)7-14(13)10-22/h5,12-16,21,23-24H,2-4,6-10H2,1H3/t12?,13-,14+,15+,16-. The van der Waals surface area contributed by atoms with Gasteiger partial charge in [-0.1, -0.05) is 0 Å². The number of hydrogen-bond donors (Lipinski definition) is 3. The highest BCUT2D eigenvalue weighted by atomic mass is 16.4. The molecule has 3 heterocycles. The van der Waals surface area contributed by atoms with Gasteiger partial charge in [-0.05, 0) is 62.6 Å². The molecule has 5 atom stereocenters. The van der Waals surface area contributed by atoms with E-state index in [4.69, 9.17) is 4.42 Å². The molecule has 0 bridgehead atoms. The van der Waals surface area contributed by atoms with Crippen molar-refractivity contribution in [3.05, 3.63) is 33.4 Å². The third-order valence-corrected chi connectivity index (χ3v) is 6.48. The Kier molecular flexibility index (Phi) is 5.09. The Balaban J connectivity index is 1.53. The normalized spacial score (nSPS) is 33.7. The van der Waals surface area contributed by atoms with Crippen molar-refractivity contribution in [2.45, 2.75) is 50.7 Å². The van der Waals surface area contributed by atoms with Gasteiger partial charge in [0, 0.05) is 25.6 Å². The van der Waals surface area contributed by atoms with Crippen molar-refractivity contribution in [1.82, 2.24) is 10.2 Å². The SMILES string of the molecule is Cc1cc(C2CCCNC2)oc(=O)c1C(=O)N1C[C@H]2C[C@H](O)[C@H](O)C[C@H]2C1. The Morgan fingerprint density at radius 2 is 1.89 bits per heavy atom. The topological polar surface area (TPSA) is 103 Å². The number of nitrogens with one attached hydrogen (secondary N) is 1. The lowest BCUT2D eigenvalue weighted by atomic mass is 9.79. The first-order valence-electron chi connectivity index (χ1n) is 9.94. The molecule has 1 aromatic rings. The van der Waals surface area contributed by atoms with E-state index in [-0.39, 0.29) is 29.2 Å². The van der Waals surface area contributed by atoms with Gasteiger partial charge in [0.1, 0.15) is 11.3 Å². The summed E-state index contributed by atoms with van der Waals surface area (Å²) in [6.45, 7) is 4.59. The Labute approximate surface area is 158 Å². The molecule has 0 radical (unpaired) electrons. The van der Waals surface area contributed by atoms with E-state index in [1.54, 1.807) is 11.8 Å². The predicted molar refractivity (Wildman–Crippen MR) is 98.7 cm³/mol. The molecule has 27 heavy (non-hydrogen) atoms. The highest BCUT2D eigenvalue weighted by Gasteiger charge is 2.43. The second kappa shape index (κ2) is 7.37. The molecule has 1 aromatic heterocycles. The lowest BCUT2D eigenvalue weighted by molar-refractivity contribution is -0.0372. The van der Waals surface area contributed by atoms with E-state index >= 15 is 0 Å². The number of aryl methyl sites for hydroxylation is 1. The number of amides is 1. The largest absolute Gasteiger partial charge is 0.427 e. The molecule has 3 N–H and O–H groups in total. The predicted octanol–water partition coefficient (Wildman–Crippen LogP) is 0.619. The van der Waals surface area contributed by atoms with Gasteiger partial charge in [0.15, 0.2) is 0 Å². The van der Waals surface area contributed by atoms with E-state index in [0.29, 0.717) is 37.3 Å². The van der Waals surface area contributed by atoms with Crippen LogP contribution in [0.15, 0.2) is 15.3 Å². The van der Waals surface area contributed by atoms with Gasteiger partial charge in [0.05, 0.1) is 12.2 Å². The average molecular weight is 376 g/mol. The van der Waals surface area contributed by atoms with Crippen LogP contribution in [-0.4, -0.2) is 59.4 Å². The van der Waals surface area contributed by atoms with Crippen LogP contribution in [0.2, 0.25) is 0 Å². The average Bonchev–Trinajstić information content (AvgIpc) is 3.05. The zero-order valence-corrected chi connectivity index (χ0v) is 15.7. The van der Waals surface area contributed by atoms with Crippen molar-refractivity contribution in [1.29, 1.82) is 0 Å². The summed E-state index contributed by atoms with van der Waals surface area (Å²) in [7, 11) is 0. The molecule has 1 saturated carbocycles. The quantitative estimate of drug-likeness (QED) is 0.699. The van der Waals surface area contributed by atoms with Crippen molar-refractivity contribution in [3.8, 4) is 0 Å². The van der Waals surface area contributed by atoms with Crippen molar-refractivity contribution in [2.75, 3.05) is 26.2 Å². The number of fused-ring (bicyclic) bond motifs is 1. The second-order valence-corrected chi connectivity index (χ2v) is 8.37. The van der Waals surface area contributed by atoms with E-state index in [1.807, 2.05) is 6.07 Å². The van der Waals surface area contributed by atoms with Gasteiger partial charge in [0.25, 0.3) is 5.91 Å². The summed E-state index contributed by atoms with van der Waals surface area (Å²) in [4.78, 5) is 27.3. The maximum Gasteiger partial charge on any atom is 0.349 e. The number of aliphatic hydroxyl groups excluding tert-OH is 2. The maximum atomic E-state index is 13.0. The van der Waals surface area contributed by atoms with Crippen LogP contribution in [0.3, 0.4) is 0 Å². The Hall–Kier alpha value is -1.70. The van der Waals surface area contributed by atoms with Crippen LogP contribution in [0.1, 0.15) is 53.3 Å². The van der Waals surface area contributed by atoms with Gasteiger partial charge in [-0.3, -0.25) is 4.79 Å². The summed E-state index contributed by atoms with van der Waals surface area (Å²) in [5.74, 6) is 0.877. The highest BCUT2D eigenvalue weighted by molar-refractivity contribution is 5.95. The van der Waals surface area contributed by atoms with Gasteiger partial charge in [-0.25, -0.2) is 4.79 Å². The molecule has 0 spiro atoms. The summed E-state index contributed by atoms with van der Waals surface area (Å²) in [6, 6.07) is 1.84. The third kappa shape index (κ3) is 3.56. The fourth-order valence-corrected chi connectivity index (χ4v) is 4.92.